The van der Waals surface area contributed by atoms with Gasteiger partial charge in [-0.2, -0.15) is 0 Å². The molecule has 0 radical (unpaired) electrons. The zero-order valence-electron chi connectivity index (χ0n) is 12.3. The summed E-state index contributed by atoms with van der Waals surface area (Å²) in [7, 11) is 0. The van der Waals surface area contributed by atoms with Crippen molar-refractivity contribution < 1.29 is 9.53 Å². The predicted octanol–water partition coefficient (Wildman–Crippen LogP) is 3.70. The molecule has 0 saturated carbocycles. The van der Waals surface area contributed by atoms with Gasteiger partial charge >= 0.3 is 0 Å². The molecule has 2 aromatic carbocycles. The quantitative estimate of drug-likeness (QED) is 0.727. The van der Waals surface area contributed by atoms with Crippen molar-refractivity contribution in [2.75, 3.05) is 13.2 Å². The zero-order chi connectivity index (χ0) is 16.1. The lowest BCUT2D eigenvalue weighted by Crippen LogP contribution is -2.28. The lowest BCUT2D eigenvalue weighted by atomic mass is 10.2. The van der Waals surface area contributed by atoms with Gasteiger partial charge in [-0.25, -0.2) is 0 Å². The molecule has 1 aromatic heterocycles. The van der Waals surface area contributed by atoms with Gasteiger partial charge in [-0.15, -0.1) is 0 Å². The zero-order valence-corrected chi connectivity index (χ0v) is 13.1. The van der Waals surface area contributed by atoms with Gasteiger partial charge < -0.3 is 10.1 Å². The maximum Gasteiger partial charge on any atom is 0.252 e. The second-order valence-electron chi connectivity index (χ2n) is 4.94. The fraction of sp³-hybridized carbons (Fsp3) is 0.111. The highest BCUT2D eigenvalue weighted by Gasteiger charge is 2.08. The molecule has 1 heterocycles. The normalized spacial score (nSPS) is 10.5. The lowest BCUT2D eigenvalue weighted by molar-refractivity contribution is 0.0947. The van der Waals surface area contributed by atoms with Gasteiger partial charge in [0.1, 0.15) is 12.4 Å². The number of hydrogen-bond donors (Lipinski definition) is 1. The van der Waals surface area contributed by atoms with E-state index in [-0.39, 0.29) is 5.91 Å². The first kappa shape index (κ1) is 15.3. The number of carbonyl (C=O) groups excluding carboxylic acids is 1. The van der Waals surface area contributed by atoms with Crippen LogP contribution in [-0.2, 0) is 0 Å². The van der Waals surface area contributed by atoms with Crippen molar-refractivity contribution in [3.05, 3.63) is 71.4 Å². The molecule has 1 amide bonds. The molecule has 0 saturated heterocycles. The van der Waals surface area contributed by atoms with Crippen molar-refractivity contribution in [3.8, 4) is 5.75 Å². The fourth-order valence-electron chi connectivity index (χ4n) is 2.22. The van der Waals surface area contributed by atoms with Gasteiger partial charge in [0.25, 0.3) is 5.91 Å². The maximum atomic E-state index is 12.0. The molecular formula is C18H15ClN2O2. The van der Waals surface area contributed by atoms with Gasteiger partial charge in [-0.05, 0) is 36.4 Å². The second kappa shape index (κ2) is 7.11. The lowest BCUT2D eigenvalue weighted by Gasteiger charge is -2.09. The Morgan fingerprint density at radius 2 is 2.00 bits per heavy atom. The topological polar surface area (TPSA) is 51.2 Å². The van der Waals surface area contributed by atoms with Crippen molar-refractivity contribution >= 4 is 28.4 Å². The summed E-state index contributed by atoms with van der Waals surface area (Å²) in [4.78, 5) is 16.3. The molecule has 0 aliphatic rings. The van der Waals surface area contributed by atoms with Crippen LogP contribution in [0.5, 0.6) is 5.75 Å². The fourth-order valence-corrected chi connectivity index (χ4v) is 2.44. The highest BCUT2D eigenvalue weighted by Crippen LogP contribution is 2.18. The molecule has 3 aromatic rings. The number of aromatic nitrogens is 1. The highest BCUT2D eigenvalue weighted by molar-refractivity contribution is 6.33. The average molecular weight is 327 g/mol. The molecule has 0 aliphatic carbocycles. The van der Waals surface area contributed by atoms with Crippen LogP contribution < -0.4 is 10.1 Å². The Morgan fingerprint density at radius 3 is 2.87 bits per heavy atom. The molecule has 3 rings (SSSR count). The van der Waals surface area contributed by atoms with Crippen LogP contribution in [0.4, 0.5) is 0 Å². The van der Waals surface area contributed by atoms with E-state index in [4.69, 9.17) is 16.3 Å². The third-order valence-electron chi connectivity index (χ3n) is 3.35. The number of rotatable bonds is 5. The minimum absolute atomic E-state index is 0.207. The first-order chi connectivity index (χ1) is 11.2. The van der Waals surface area contributed by atoms with Gasteiger partial charge in [-0.1, -0.05) is 29.8 Å². The molecule has 0 atom stereocenters. The largest absolute Gasteiger partial charge is 0.492 e. The number of halogens is 1. The molecule has 0 fully saturated rings. The van der Waals surface area contributed by atoms with Gasteiger partial charge in [0.2, 0.25) is 0 Å². The molecule has 116 valence electrons. The SMILES string of the molecule is O=C(NCCOc1ccc2ncccc2c1)c1ccccc1Cl. The van der Waals surface area contributed by atoms with E-state index in [0.717, 1.165) is 16.7 Å². The summed E-state index contributed by atoms with van der Waals surface area (Å²) < 4.78 is 5.66. The van der Waals surface area contributed by atoms with Crippen molar-refractivity contribution in [1.82, 2.24) is 10.3 Å². The van der Waals surface area contributed by atoms with Gasteiger partial charge in [-0.3, -0.25) is 9.78 Å². The van der Waals surface area contributed by atoms with E-state index in [1.807, 2.05) is 30.3 Å². The summed E-state index contributed by atoms with van der Waals surface area (Å²) in [5, 5.41) is 4.24. The first-order valence-corrected chi connectivity index (χ1v) is 7.62. The van der Waals surface area contributed by atoms with Crippen LogP contribution >= 0.6 is 11.6 Å². The Balaban J connectivity index is 1.53. The summed E-state index contributed by atoms with van der Waals surface area (Å²) in [6.45, 7) is 0.775. The van der Waals surface area contributed by atoms with E-state index in [2.05, 4.69) is 10.3 Å². The van der Waals surface area contributed by atoms with E-state index in [0.29, 0.717) is 23.7 Å². The third-order valence-corrected chi connectivity index (χ3v) is 3.68. The van der Waals surface area contributed by atoms with Crippen LogP contribution in [-0.4, -0.2) is 24.0 Å². The second-order valence-corrected chi connectivity index (χ2v) is 5.35. The number of hydrogen-bond acceptors (Lipinski definition) is 3. The molecular weight excluding hydrogens is 312 g/mol. The van der Waals surface area contributed by atoms with E-state index < -0.39 is 0 Å². The van der Waals surface area contributed by atoms with Crippen LogP contribution in [0.2, 0.25) is 5.02 Å². The smallest absolute Gasteiger partial charge is 0.252 e. The standard InChI is InChI=1S/C18H15ClN2O2/c19-16-6-2-1-5-15(16)18(22)21-10-11-23-14-7-8-17-13(12-14)4-3-9-20-17/h1-9,12H,10-11H2,(H,21,22). The number of benzene rings is 2. The van der Waals surface area contributed by atoms with Crippen LogP contribution in [0.1, 0.15) is 10.4 Å². The van der Waals surface area contributed by atoms with Crippen LogP contribution in [0.3, 0.4) is 0 Å². The Morgan fingerprint density at radius 1 is 1.13 bits per heavy atom. The predicted molar refractivity (Wildman–Crippen MR) is 91.0 cm³/mol. The van der Waals surface area contributed by atoms with E-state index in [9.17, 15) is 4.79 Å². The molecule has 0 spiro atoms. The molecule has 4 nitrogen and oxygen atoms in total. The number of carbonyl (C=O) groups is 1. The third kappa shape index (κ3) is 3.79. The van der Waals surface area contributed by atoms with Crippen molar-refractivity contribution in [3.63, 3.8) is 0 Å². The maximum absolute atomic E-state index is 12.0. The summed E-state index contributed by atoms with van der Waals surface area (Å²) in [6, 6.07) is 16.5. The van der Waals surface area contributed by atoms with Crippen LogP contribution in [0, 0.1) is 0 Å². The highest BCUT2D eigenvalue weighted by atomic mass is 35.5. The number of amides is 1. The Kier molecular flexibility index (Phi) is 4.74. The number of fused-ring (bicyclic) bond motifs is 1. The summed E-state index contributed by atoms with van der Waals surface area (Å²) in [5.41, 5.74) is 1.39. The molecule has 0 aliphatic heterocycles. The molecule has 0 unspecified atom stereocenters. The molecule has 23 heavy (non-hydrogen) atoms. The minimum Gasteiger partial charge on any atom is -0.492 e. The van der Waals surface area contributed by atoms with Crippen molar-refractivity contribution in [1.29, 1.82) is 0 Å². The van der Waals surface area contributed by atoms with Crippen LogP contribution in [0.15, 0.2) is 60.8 Å². The van der Waals surface area contributed by atoms with Gasteiger partial charge in [0.15, 0.2) is 0 Å². The monoisotopic (exact) mass is 326 g/mol. The minimum atomic E-state index is -0.207. The number of nitrogens with zero attached hydrogens (tertiary/aromatic N) is 1. The van der Waals surface area contributed by atoms with Crippen molar-refractivity contribution in [2.24, 2.45) is 0 Å². The summed E-state index contributed by atoms with van der Waals surface area (Å²) in [5.74, 6) is 0.541. The average Bonchev–Trinajstić information content (AvgIpc) is 2.59. The summed E-state index contributed by atoms with van der Waals surface area (Å²) >= 11 is 5.99. The van der Waals surface area contributed by atoms with Gasteiger partial charge in [0, 0.05) is 11.6 Å². The van der Waals surface area contributed by atoms with Gasteiger partial charge in [0.05, 0.1) is 22.6 Å². The Bertz CT molecular complexity index is 836. The molecule has 5 heteroatoms. The molecule has 1 N–H and O–H groups in total. The first-order valence-electron chi connectivity index (χ1n) is 7.24. The number of pyridine rings is 1. The summed E-state index contributed by atoms with van der Waals surface area (Å²) in [6.07, 6.45) is 1.76. The van der Waals surface area contributed by atoms with E-state index in [1.165, 1.54) is 0 Å². The number of ether oxygens (including phenoxy) is 1. The Hall–Kier alpha value is -2.59. The van der Waals surface area contributed by atoms with Crippen LogP contribution in [0.25, 0.3) is 10.9 Å². The van der Waals surface area contributed by atoms with E-state index in [1.54, 1.807) is 30.5 Å². The number of nitrogens with one attached hydrogen (secondary N) is 1. The van der Waals surface area contributed by atoms with Crippen molar-refractivity contribution in [2.45, 2.75) is 0 Å². The molecule has 0 bridgehead atoms. The Labute approximate surface area is 139 Å². The van der Waals surface area contributed by atoms with E-state index >= 15 is 0 Å².